The Morgan fingerprint density at radius 1 is 1.05 bits per heavy atom. The zero-order valence-corrected chi connectivity index (χ0v) is 12.3. The Labute approximate surface area is 126 Å². The molecule has 0 amide bonds. The monoisotopic (exact) mass is 311 g/mol. The quantitative estimate of drug-likeness (QED) is 0.622. The van der Waals surface area contributed by atoms with Crippen molar-refractivity contribution in [3.63, 3.8) is 0 Å². The number of benzene rings is 1. The van der Waals surface area contributed by atoms with Crippen LogP contribution in [0.25, 0.3) is 0 Å². The molecule has 0 heterocycles. The van der Waals surface area contributed by atoms with Gasteiger partial charge in [-0.15, -0.1) is 0 Å². The average Bonchev–Trinajstić information content (AvgIpc) is 2.41. The smallest absolute Gasteiger partial charge is 0.383 e. The molecule has 6 heteroatoms. The summed E-state index contributed by atoms with van der Waals surface area (Å²) >= 11 is 0. The molecule has 3 nitrogen and oxygen atoms in total. The highest BCUT2D eigenvalue weighted by atomic mass is 19.4. The highest BCUT2D eigenvalue weighted by Crippen LogP contribution is 2.34. The van der Waals surface area contributed by atoms with E-state index in [1.165, 1.54) is 18.3 Å². The molecule has 0 saturated heterocycles. The third kappa shape index (κ3) is 3.55. The first-order valence-corrected chi connectivity index (χ1v) is 6.80. The normalized spacial score (nSPS) is 19.3. The molecule has 1 aliphatic carbocycles. The summed E-state index contributed by atoms with van der Waals surface area (Å²) in [6.07, 6.45) is -2.63. The summed E-state index contributed by atoms with van der Waals surface area (Å²) in [5, 5.41) is 0. The molecule has 0 aliphatic heterocycles. The van der Waals surface area contributed by atoms with Crippen molar-refractivity contribution in [3.8, 4) is 0 Å². The maximum absolute atomic E-state index is 12.5. The first-order chi connectivity index (χ1) is 10.2. The van der Waals surface area contributed by atoms with Gasteiger partial charge in [-0.05, 0) is 23.6 Å². The van der Waals surface area contributed by atoms with Gasteiger partial charge in [-0.2, -0.15) is 13.2 Å². The Balaban J connectivity index is 2.19. The van der Waals surface area contributed by atoms with E-state index in [-0.39, 0.29) is 35.9 Å². The summed E-state index contributed by atoms with van der Waals surface area (Å²) in [7, 11) is 3.44. The van der Waals surface area contributed by atoms with E-state index in [4.69, 9.17) is 0 Å². The van der Waals surface area contributed by atoms with Crippen LogP contribution >= 0.6 is 0 Å². The number of ketones is 2. The number of hydrogen-bond donors (Lipinski definition) is 0. The Morgan fingerprint density at radius 2 is 1.55 bits per heavy atom. The summed E-state index contributed by atoms with van der Waals surface area (Å²) in [5.41, 5.74) is 0.00432. The molecule has 0 bridgehead atoms. The second-order valence-electron chi connectivity index (χ2n) is 5.58. The Morgan fingerprint density at radius 3 is 1.95 bits per heavy atom. The van der Waals surface area contributed by atoms with Crippen molar-refractivity contribution < 1.29 is 22.8 Å². The number of Topliss-reactive ketones (excluding diaryl/α,β-unsaturated/α-hetero) is 2. The topological polar surface area (TPSA) is 37.4 Å². The number of nitrogens with zero attached hydrogens (tertiary/aromatic N) is 1. The molecule has 0 aromatic heterocycles. The van der Waals surface area contributed by atoms with Crippen molar-refractivity contribution in [2.45, 2.75) is 24.9 Å². The summed E-state index contributed by atoms with van der Waals surface area (Å²) in [5.74, 6) is -0.897. The van der Waals surface area contributed by atoms with E-state index in [1.807, 2.05) is 0 Å². The van der Waals surface area contributed by atoms with Crippen LogP contribution in [0.5, 0.6) is 0 Å². The number of alkyl halides is 3. The van der Waals surface area contributed by atoms with Gasteiger partial charge in [-0.3, -0.25) is 9.59 Å². The van der Waals surface area contributed by atoms with Gasteiger partial charge in [-0.1, -0.05) is 12.1 Å². The minimum atomic E-state index is -4.39. The van der Waals surface area contributed by atoms with E-state index < -0.39 is 11.7 Å². The standard InChI is InChI=1S/C16H16F3NO2/c1-20(2)9-13-14(21)7-11(8-15(13)22)10-3-5-12(6-4-10)16(17,18)19/h3-6,9,11H,7-8H2,1-2H3. The first kappa shape index (κ1) is 16.3. The molecule has 1 fully saturated rings. The molecular formula is C16H16F3NO2. The Hall–Kier alpha value is -2.11. The number of halogens is 3. The van der Waals surface area contributed by atoms with E-state index in [2.05, 4.69) is 0 Å². The summed E-state index contributed by atoms with van der Waals surface area (Å²) in [6, 6.07) is 4.65. The van der Waals surface area contributed by atoms with Crippen LogP contribution in [0.3, 0.4) is 0 Å². The zero-order chi connectivity index (χ0) is 16.5. The predicted octanol–water partition coefficient (Wildman–Crippen LogP) is 3.17. The third-order valence-electron chi connectivity index (χ3n) is 3.56. The summed E-state index contributed by atoms with van der Waals surface area (Å²) in [4.78, 5) is 25.7. The van der Waals surface area contributed by atoms with Crippen molar-refractivity contribution in [2.75, 3.05) is 14.1 Å². The van der Waals surface area contributed by atoms with Crippen molar-refractivity contribution >= 4 is 11.6 Å². The summed E-state index contributed by atoms with van der Waals surface area (Å²) in [6.45, 7) is 0. The number of carbonyl (C=O) groups is 2. The predicted molar refractivity (Wildman–Crippen MR) is 75.2 cm³/mol. The molecule has 22 heavy (non-hydrogen) atoms. The highest BCUT2D eigenvalue weighted by molar-refractivity contribution is 6.22. The van der Waals surface area contributed by atoms with Crippen molar-refractivity contribution in [1.29, 1.82) is 0 Å². The molecule has 0 radical (unpaired) electrons. The highest BCUT2D eigenvalue weighted by Gasteiger charge is 2.33. The molecule has 0 atom stereocenters. The molecule has 0 spiro atoms. The lowest BCUT2D eigenvalue weighted by Crippen LogP contribution is -2.26. The van der Waals surface area contributed by atoms with E-state index in [0.717, 1.165) is 12.1 Å². The average molecular weight is 311 g/mol. The van der Waals surface area contributed by atoms with Crippen molar-refractivity contribution in [2.24, 2.45) is 0 Å². The van der Waals surface area contributed by atoms with Crippen molar-refractivity contribution in [1.82, 2.24) is 4.90 Å². The van der Waals surface area contributed by atoms with E-state index >= 15 is 0 Å². The van der Waals surface area contributed by atoms with Crippen LogP contribution in [0.1, 0.15) is 29.9 Å². The number of hydrogen-bond acceptors (Lipinski definition) is 3. The van der Waals surface area contributed by atoms with E-state index in [1.54, 1.807) is 19.0 Å². The molecule has 1 aliphatic rings. The van der Waals surface area contributed by atoms with Crippen LogP contribution in [0.2, 0.25) is 0 Å². The van der Waals surface area contributed by atoms with Crippen LogP contribution in [0, 0.1) is 0 Å². The van der Waals surface area contributed by atoms with Gasteiger partial charge < -0.3 is 4.90 Å². The number of rotatable bonds is 2. The van der Waals surface area contributed by atoms with Crippen molar-refractivity contribution in [3.05, 3.63) is 47.2 Å². The van der Waals surface area contributed by atoms with Crippen LogP contribution < -0.4 is 0 Å². The van der Waals surface area contributed by atoms with Crippen LogP contribution in [0.15, 0.2) is 36.0 Å². The van der Waals surface area contributed by atoms with Crippen LogP contribution in [-0.2, 0) is 15.8 Å². The van der Waals surface area contributed by atoms with Crippen LogP contribution in [-0.4, -0.2) is 30.6 Å². The first-order valence-electron chi connectivity index (χ1n) is 6.80. The van der Waals surface area contributed by atoms with E-state index in [9.17, 15) is 22.8 Å². The van der Waals surface area contributed by atoms with Gasteiger partial charge in [0.25, 0.3) is 0 Å². The molecule has 118 valence electrons. The lowest BCUT2D eigenvalue weighted by Gasteiger charge is -2.23. The molecule has 1 aromatic rings. The van der Waals surface area contributed by atoms with Gasteiger partial charge in [0.1, 0.15) is 0 Å². The van der Waals surface area contributed by atoms with Gasteiger partial charge >= 0.3 is 6.18 Å². The molecule has 0 unspecified atom stereocenters. The molecule has 1 saturated carbocycles. The lowest BCUT2D eigenvalue weighted by atomic mass is 9.80. The van der Waals surface area contributed by atoms with Crippen LogP contribution in [0.4, 0.5) is 13.2 Å². The fourth-order valence-electron chi connectivity index (χ4n) is 2.48. The second-order valence-corrected chi connectivity index (χ2v) is 5.58. The zero-order valence-electron chi connectivity index (χ0n) is 12.3. The Kier molecular flexibility index (Phi) is 4.39. The molecule has 2 rings (SSSR count). The fraction of sp³-hybridized carbons (Fsp3) is 0.375. The van der Waals surface area contributed by atoms with E-state index in [0.29, 0.717) is 5.56 Å². The van der Waals surface area contributed by atoms with Gasteiger partial charge in [0.2, 0.25) is 0 Å². The largest absolute Gasteiger partial charge is 0.416 e. The summed E-state index contributed by atoms with van der Waals surface area (Å²) < 4.78 is 37.6. The number of allylic oxidation sites excluding steroid dienone is 1. The Bertz CT molecular complexity index is 595. The van der Waals surface area contributed by atoms with Gasteiger partial charge in [0.15, 0.2) is 11.6 Å². The second kappa shape index (κ2) is 5.94. The molecular weight excluding hydrogens is 295 g/mol. The maximum Gasteiger partial charge on any atom is 0.416 e. The fourth-order valence-corrected chi connectivity index (χ4v) is 2.48. The maximum atomic E-state index is 12.5. The molecule has 0 N–H and O–H groups in total. The SMILES string of the molecule is CN(C)C=C1C(=O)CC(c2ccc(C(F)(F)F)cc2)CC1=O. The van der Waals surface area contributed by atoms with Gasteiger partial charge in [0, 0.05) is 33.1 Å². The minimum Gasteiger partial charge on any atom is -0.383 e. The van der Waals surface area contributed by atoms with Gasteiger partial charge in [-0.25, -0.2) is 0 Å². The number of carbonyl (C=O) groups excluding carboxylic acids is 2. The lowest BCUT2D eigenvalue weighted by molar-refractivity contribution is -0.137. The third-order valence-corrected chi connectivity index (χ3v) is 3.56. The van der Waals surface area contributed by atoms with Gasteiger partial charge in [0.05, 0.1) is 11.1 Å². The molecule has 1 aromatic carbocycles. The minimum absolute atomic E-state index is 0.136.